The summed E-state index contributed by atoms with van der Waals surface area (Å²) in [6, 6.07) is 0. The summed E-state index contributed by atoms with van der Waals surface area (Å²) < 4.78 is 35.5. The van der Waals surface area contributed by atoms with Crippen LogP contribution in [0.4, 0.5) is 0 Å². The second kappa shape index (κ2) is 6.43. The van der Waals surface area contributed by atoms with Gasteiger partial charge in [-0.2, -0.15) is 8.42 Å². The van der Waals surface area contributed by atoms with Gasteiger partial charge in [-0.15, -0.1) is 0 Å². The average molecular weight is 333 g/mol. The number of hydrogen-bond acceptors (Lipinski definition) is 2. The van der Waals surface area contributed by atoms with Gasteiger partial charge in [0.2, 0.25) is 0 Å². The molecule has 1 saturated carbocycles. The maximum atomic E-state index is 12.6. The van der Waals surface area contributed by atoms with Crippen LogP contribution in [0.25, 0.3) is 0 Å². The molecule has 132 valence electrons. The van der Waals surface area contributed by atoms with Gasteiger partial charge in [-0.1, -0.05) is 61.8 Å². The van der Waals surface area contributed by atoms with E-state index in [9.17, 15) is 13.0 Å². The maximum Gasteiger partial charge on any atom is 0.268 e. The highest BCUT2D eigenvalue weighted by molar-refractivity contribution is 7.86. The first kappa shape index (κ1) is 20.0. The van der Waals surface area contributed by atoms with E-state index in [2.05, 4.69) is 55.4 Å². The van der Waals surface area contributed by atoms with Gasteiger partial charge in [-0.25, -0.2) is 0 Å². The van der Waals surface area contributed by atoms with Gasteiger partial charge >= 0.3 is 0 Å². The van der Waals surface area contributed by atoms with Crippen LogP contribution in [0.2, 0.25) is 0 Å². The van der Waals surface area contributed by atoms with Gasteiger partial charge in [0.25, 0.3) is 10.1 Å². The minimum atomic E-state index is -4.12. The van der Waals surface area contributed by atoms with E-state index < -0.39 is 15.4 Å². The molecule has 1 N–H and O–H groups in total. The normalized spacial score (nSPS) is 23.0. The van der Waals surface area contributed by atoms with E-state index in [4.69, 9.17) is 0 Å². The Morgan fingerprint density at radius 3 is 1.23 bits per heavy atom. The minimum Gasteiger partial charge on any atom is -0.285 e. The van der Waals surface area contributed by atoms with E-state index in [-0.39, 0.29) is 34.5 Å². The van der Waals surface area contributed by atoms with Crippen molar-refractivity contribution in [2.45, 2.75) is 79.9 Å². The zero-order valence-corrected chi connectivity index (χ0v) is 16.5. The molecule has 0 atom stereocenters. The molecule has 0 spiro atoms. The summed E-state index contributed by atoms with van der Waals surface area (Å²) in [4.78, 5) is 0. The first-order valence-corrected chi connectivity index (χ1v) is 10.3. The summed E-state index contributed by atoms with van der Waals surface area (Å²) in [6.07, 6.45) is 2.81. The fraction of sp³-hybridized carbons (Fsp3) is 1.00. The molecule has 4 heteroatoms. The molecule has 1 rings (SSSR count). The van der Waals surface area contributed by atoms with Crippen LogP contribution in [-0.2, 0) is 10.1 Å². The number of hydrogen-bond donors (Lipinski definition) is 1. The van der Waals surface area contributed by atoms with Gasteiger partial charge < -0.3 is 0 Å². The molecule has 22 heavy (non-hydrogen) atoms. The fourth-order valence-electron chi connectivity index (χ4n) is 5.72. The quantitative estimate of drug-likeness (QED) is 0.719. The van der Waals surface area contributed by atoms with Crippen LogP contribution in [0.15, 0.2) is 0 Å². The highest BCUT2D eigenvalue weighted by Gasteiger charge is 2.63. The first-order valence-electron chi connectivity index (χ1n) is 8.81. The molecule has 0 amide bonds. The van der Waals surface area contributed by atoms with E-state index in [0.717, 1.165) is 19.3 Å². The molecule has 1 aliphatic carbocycles. The Balaban J connectivity index is 3.75. The van der Waals surface area contributed by atoms with Crippen LogP contribution < -0.4 is 0 Å². The van der Waals surface area contributed by atoms with Crippen molar-refractivity contribution in [1.29, 1.82) is 0 Å². The summed E-state index contributed by atoms with van der Waals surface area (Å²) in [5.74, 6) is 0.876. The first-order chi connectivity index (χ1) is 9.85. The molecular weight excluding hydrogens is 296 g/mol. The lowest BCUT2D eigenvalue weighted by Gasteiger charge is -2.60. The summed E-state index contributed by atoms with van der Waals surface area (Å²) in [5, 5.41) is -0.679. The summed E-state index contributed by atoms with van der Waals surface area (Å²) in [5.41, 5.74) is -0.721. The van der Waals surface area contributed by atoms with E-state index in [1.807, 2.05) is 0 Å². The van der Waals surface area contributed by atoms with Gasteiger partial charge in [0, 0.05) is 0 Å². The van der Waals surface area contributed by atoms with Crippen LogP contribution in [0.3, 0.4) is 0 Å². The lowest BCUT2D eigenvalue weighted by molar-refractivity contribution is -0.0609. The maximum absolute atomic E-state index is 12.6. The SMILES string of the molecule is CC(C)C1(C(C)C)CCCC(C(C)C)(C(C)C)C1S(=O)(=O)O. The highest BCUT2D eigenvalue weighted by Crippen LogP contribution is 2.61. The minimum absolute atomic E-state index is 0.219. The van der Waals surface area contributed by atoms with Crippen LogP contribution in [0, 0.1) is 34.5 Å². The Morgan fingerprint density at radius 1 is 0.773 bits per heavy atom. The Bertz CT molecular complexity index is 431. The standard InChI is InChI=1S/C18H36O3S/c1-12(2)17(13(3)4)10-9-11-18(14(5)6,15(7)8)16(17)22(19,20)21/h12-16H,9-11H2,1-8H3,(H,19,20,21). The predicted molar refractivity (Wildman–Crippen MR) is 93.4 cm³/mol. The fourth-order valence-corrected chi connectivity index (χ4v) is 8.15. The van der Waals surface area contributed by atoms with Gasteiger partial charge in [0.05, 0.1) is 5.25 Å². The molecule has 0 saturated heterocycles. The molecular formula is C18H36O3S. The van der Waals surface area contributed by atoms with Crippen LogP contribution in [0.1, 0.15) is 74.7 Å². The van der Waals surface area contributed by atoms with Crippen molar-refractivity contribution in [1.82, 2.24) is 0 Å². The second-order valence-electron chi connectivity index (χ2n) is 8.59. The molecule has 0 aromatic heterocycles. The van der Waals surface area contributed by atoms with Crippen molar-refractivity contribution in [3.05, 3.63) is 0 Å². The largest absolute Gasteiger partial charge is 0.285 e. The molecule has 3 nitrogen and oxygen atoms in total. The summed E-state index contributed by atoms with van der Waals surface area (Å²) in [7, 11) is -4.12. The van der Waals surface area contributed by atoms with Gasteiger partial charge in [0.1, 0.15) is 0 Å². The molecule has 0 unspecified atom stereocenters. The van der Waals surface area contributed by atoms with Crippen LogP contribution in [-0.4, -0.2) is 18.2 Å². The van der Waals surface area contributed by atoms with Crippen LogP contribution in [0.5, 0.6) is 0 Å². The second-order valence-corrected chi connectivity index (χ2v) is 10.1. The third-order valence-corrected chi connectivity index (χ3v) is 8.27. The Kier molecular flexibility index (Phi) is 5.83. The van der Waals surface area contributed by atoms with Crippen LogP contribution >= 0.6 is 0 Å². The third-order valence-electron chi connectivity index (χ3n) is 6.79. The van der Waals surface area contributed by atoms with Gasteiger partial charge in [0.15, 0.2) is 0 Å². The van der Waals surface area contributed by atoms with E-state index in [0.29, 0.717) is 0 Å². The van der Waals surface area contributed by atoms with E-state index in [1.54, 1.807) is 0 Å². The van der Waals surface area contributed by atoms with Crippen molar-refractivity contribution in [2.75, 3.05) is 0 Å². The zero-order valence-electron chi connectivity index (χ0n) is 15.7. The lowest BCUT2D eigenvalue weighted by Crippen LogP contribution is -2.62. The Labute approximate surface area is 138 Å². The molecule has 1 fully saturated rings. The molecule has 0 aliphatic heterocycles. The molecule has 1 aliphatic rings. The summed E-state index contributed by atoms with van der Waals surface area (Å²) in [6.45, 7) is 17.0. The molecule has 0 heterocycles. The van der Waals surface area contributed by atoms with Crippen molar-refractivity contribution < 1.29 is 13.0 Å². The predicted octanol–water partition coefficient (Wildman–Crippen LogP) is 5.02. The molecule has 0 aromatic rings. The van der Waals surface area contributed by atoms with E-state index >= 15 is 0 Å². The Morgan fingerprint density at radius 2 is 1.05 bits per heavy atom. The van der Waals surface area contributed by atoms with Crippen molar-refractivity contribution in [3.8, 4) is 0 Å². The molecule has 0 aromatic carbocycles. The van der Waals surface area contributed by atoms with Gasteiger partial charge in [-0.05, 0) is 47.3 Å². The third kappa shape index (κ3) is 2.86. The van der Waals surface area contributed by atoms with Crippen molar-refractivity contribution >= 4 is 10.1 Å². The zero-order chi connectivity index (χ0) is 17.5. The molecule has 0 radical (unpaired) electrons. The Hall–Kier alpha value is -0.0900. The average Bonchev–Trinajstić information content (AvgIpc) is 2.35. The highest BCUT2D eigenvalue weighted by atomic mass is 32.2. The summed E-state index contributed by atoms with van der Waals surface area (Å²) >= 11 is 0. The smallest absolute Gasteiger partial charge is 0.268 e. The van der Waals surface area contributed by atoms with Gasteiger partial charge in [-0.3, -0.25) is 4.55 Å². The topological polar surface area (TPSA) is 54.4 Å². The molecule has 0 bridgehead atoms. The van der Waals surface area contributed by atoms with E-state index in [1.165, 1.54) is 0 Å². The van der Waals surface area contributed by atoms with Crippen molar-refractivity contribution in [2.24, 2.45) is 34.5 Å². The number of rotatable bonds is 5. The lowest BCUT2D eigenvalue weighted by atomic mass is 9.48. The van der Waals surface area contributed by atoms with Crippen molar-refractivity contribution in [3.63, 3.8) is 0 Å². The monoisotopic (exact) mass is 332 g/mol.